The lowest BCUT2D eigenvalue weighted by molar-refractivity contribution is 0.137. The zero-order valence-electron chi connectivity index (χ0n) is 6.71. The van der Waals surface area contributed by atoms with Crippen LogP contribution in [0.25, 0.3) is 0 Å². The zero-order chi connectivity index (χ0) is 7.33. The monoisotopic (exact) mass is 132 g/mol. The highest BCUT2D eigenvalue weighted by Gasteiger charge is 2.22. The molecule has 0 aromatic heterocycles. The van der Waals surface area contributed by atoms with Gasteiger partial charge < -0.3 is 0 Å². The minimum atomic E-state index is -0.866. The molecule has 9 heavy (non-hydrogen) atoms. The summed E-state index contributed by atoms with van der Waals surface area (Å²) in [6, 6.07) is 0. The molecule has 0 heterocycles. The average molecular weight is 132 g/mol. The summed E-state index contributed by atoms with van der Waals surface area (Å²) in [6.45, 7) is 5.86. The molecule has 1 heteroatoms. The Hall–Kier alpha value is -0.0700. The Kier molecular flexibility index (Phi) is 3.83. The van der Waals surface area contributed by atoms with Crippen LogP contribution in [0.1, 0.15) is 46.5 Å². The standard InChI is InChI=1S/C8H17F/c1-4-7-8(9,5-2)6-3/h4-7H2,1-3H3. The van der Waals surface area contributed by atoms with Crippen molar-refractivity contribution in [3.05, 3.63) is 0 Å². The summed E-state index contributed by atoms with van der Waals surface area (Å²) in [4.78, 5) is 0. The van der Waals surface area contributed by atoms with Gasteiger partial charge in [-0.25, -0.2) is 4.39 Å². The van der Waals surface area contributed by atoms with Crippen LogP contribution in [0.3, 0.4) is 0 Å². The maximum absolute atomic E-state index is 13.3. The largest absolute Gasteiger partial charge is 0.244 e. The van der Waals surface area contributed by atoms with Gasteiger partial charge in [0.25, 0.3) is 0 Å². The van der Waals surface area contributed by atoms with Crippen LogP contribution in [-0.2, 0) is 0 Å². The van der Waals surface area contributed by atoms with E-state index in [9.17, 15) is 4.39 Å². The summed E-state index contributed by atoms with van der Waals surface area (Å²) in [5.41, 5.74) is -0.866. The van der Waals surface area contributed by atoms with Crippen molar-refractivity contribution in [3.8, 4) is 0 Å². The molecule has 0 rings (SSSR count). The van der Waals surface area contributed by atoms with Crippen LogP contribution in [-0.4, -0.2) is 5.67 Å². The molecule has 0 fully saturated rings. The third-order valence-electron chi connectivity index (χ3n) is 1.97. The highest BCUT2D eigenvalue weighted by Crippen LogP contribution is 2.25. The Balaban J connectivity index is 3.62. The van der Waals surface area contributed by atoms with Crippen LogP contribution in [0.15, 0.2) is 0 Å². The summed E-state index contributed by atoms with van der Waals surface area (Å²) in [5, 5.41) is 0. The van der Waals surface area contributed by atoms with Gasteiger partial charge in [-0.05, 0) is 19.3 Å². The van der Waals surface area contributed by atoms with E-state index in [4.69, 9.17) is 0 Å². The summed E-state index contributed by atoms with van der Waals surface area (Å²) < 4.78 is 13.3. The van der Waals surface area contributed by atoms with E-state index in [1.54, 1.807) is 0 Å². The normalized spacial score (nSPS) is 12.0. The molecular weight excluding hydrogens is 115 g/mol. The molecule has 56 valence electrons. The minimum Gasteiger partial charge on any atom is -0.244 e. The van der Waals surface area contributed by atoms with Crippen molar-refractivity contribution in [2.45, 2.75) is 52.1 Å². The molecule has 0 spiro atoms. The molecule has 0 bridgehead atoms. The number of hydrogen-bond donors (Lipinski definition) is 0. The predicted molar refractivity (Wildman–Crippen MR) is 39.3 cm³/mol. The molecule has 0 unspecified atom stereocenters. The van der Waals surface area contributed by atoms with E-state index in [2.05, 4.69) is 0 Å². The van der Waals surface area contributed by atoms with Gasteiger partial charge in [0.05, 0.1) is 0 Å². The fourth-order valence-corrected chi connectivity index (χ4v) is 1.05. The fraction of sp³-hybridized carbons (Fsp3) is 1.00. The van der Waals surface area contributed by atoms with Gasteiger partial charge in [0.2, 0.25) is 0 Å². The molecule has 0 aliphatic carbocycles. The first-order valence-electron chi connectivity index (χ1n) is 3.87. The van der Waals surface area contributed by atoms with Crippen LogP contribution >= 0.6 is 0 Å². The summed E-state index contributed by atoms with van der Waals surface area (Å²) in [6.07, 6.45) is 3.01. The quantitative estimate of drug-likeness (QED) is 0.550. The van der Waals surface area contributed by atoms with Crippen molar-refractivity contribution >= 4 is 0 Å². The molecule has 0 aromatic rings. The first kappa shape index (κ1) is 8.93. The number of rotatable bonds is 4. The van der Waals surface area contributed by atoms with Gasteiger partial charge in [-0.1, -0.05) is 27.2 Å². The van der Waals surface area contributed by atoms with E-state index in [1.807, 2.05) is 20.8 Å². The lowest BCUT2D eigenvalue weighted by Crippen LogP contribution is -2.19. The lowest BCUT2D eigenvalue weighted by Gasteiger charge is -2.20. The van der Waals surface area contributed by atoms with E-state index < -0.39 is 5.67 Å². The van der Waals surface area contributed by atoms with Crippen molar-refractivity contribution in [1.82, 2.24) is 0 Å². The van der Waals surface area contributed by atoms with Gasteiger partial charge in [0, 0.05) is 0 Å². The van der Waals surface area contributed by atoms with Gasteiger partial charge in [-0.3, -0.25) is 0 Å². The molecular formula is C8H17F. The minimum absolute atomic E-state index is 0.664. The molecule has 0 saturated heterocycles. The van der Waals surface area contributed by atoms with Crippen LogP contribution in [0, 0.1) is 0 Å². The Morgan fingerprint density at radius 1 is 1.11 bits per heavy atom. The Bertz CT molecular complexity index is 65.0. The Morgan fingerprint density at radius 3 is 1.67 bits per heavy atom. The molecule has 0 N–H and O–H groups in total. The fourth-order valence-electron chi connectivity index (χ4n) is 1.05. The second-order valence-electron chi connectivity index (χ2n) is 2.61. The molecule has 0 amide bonds. The van der Waals surface area contributed by atoms with Crippen LogP contribution in [0.2, 0.25) is 0 Å². The van der Waals surface area contributed by atoms with E-state index in [1.165, 1.54) is 0 Å². The zero-order valence-corrected chi connectivity index (χ0v) is 6.71. The first-order valence-corrected chi connectivity index (χ1v) is 3.87. The van der Waals surface area contributed by atoms with Crippen molar-refractivity contribution < 1.29 is 4.39 Å². The smallest absolute Gasteiger partial charge is 0.110 e. The van der Waals surface area contributed by atoms with E-state index in [-0.39, 0.29) is 0 Å². The third kappa shape index (κ3) is 2.83. The predicted octanol–water partition coefficient (Wildman–Crippen LogP) is 3.31. The van der Waals surface area contributed by atoms with Gasteiger partial charge in [-0.2, -0.15) is 0 Å². The Labute approximate surface area is 57.5 Å². The second kappa shape index (κ2) is 3.86. The SMILES string of the molecule is CCCC(F)(CC)CC. The van der Waals surface area contributed by atoms with Crippen LogP contribution < -0.4 is 0 Å². The second-order valence-corrected chi connectivity index (χ2v) is 2.61. The lowest BCUT2D eigenvalue weighted by atomic mass is 9.94. The van der Waals surface area contributed by atoms with E-state index in [0.717, 1.165) is 12.8 Å². The van der Waals surface area contributed by atoms with Gasteiger partial charge in [0.1, 0.15) is 5.67 Å². The number of halogens is 1. The molecule has 0 atom stereocenters. The van der Waals surface area contributed by atoms with Crippen molar-refractivity contribution in [1.29, 1.82) is 0 Å². The molecule has 0 aromatic carbocycles. The maximum Gasteiger partial charge on any atom is 0.110 e. The number of hydrogen-bond acceptors (Lipinski definition) is 0. The van der Waals surface area contributed by atoms with Crippen molar-refractivity contribution in [2.75, 3.05) is 0 Å². The van der Waals surface area contributed by atoms with E-state index >= 15 is 0 Å². The molecule has 0 saturated carbocycles. The van der Waals surface area contributed by atoms with E-state index in [0.29, 0.717) is 12.8 Å². The number of alkyl halides is 1. The topological polar surface area (TPSA) is 0 Å². The molecule has 0 aliphatic rings. The Morgan fingerprint density at radius 2 is 1.56 bits per heavy atom. The first-order chi connectivity index (χ1) is 4.18. The van der Waals surface area contributed by atoms with Gasteiger partial charge >= 0.3 is 0 Å². The maximum atomic E-state index is 13.3. The van der Waals surface area contributed by atoms with Gasteiger partial charge in [0.15, 0.2) is 0 Å². The molecule has 0 aliphatic heterocycles. The van der Waals surface area contributed by atoms with Crippen molar-refractivity contribution in [2.24, 2.45) is 0 Å². The third-order valence-corrected chi connectivity index (χ3v) is 1.97. The average Bonchev–Trinajstić information content (AvgIpc) is 1.89. The van der Waals surface area contributed by atoms with Gasteiger partial charge in [-0.15, -0.1) is 0 Å². The summed E-state index contributed by atoms with van der Waals surface area (Å²) in [7, 11) is 0. The summed E-state index contributed by atoms with van der Waals surface area (Å²) >= 11 is 0. The molecule has 0 nitrogen and oxygen atoms in total. The van der Waals surface area contributed by atoms with Crippen LogP contribution in [0.5, 0.6) is 0 Å². The highest BCUT2D eigenvalue weighted by molar-refractivity contribution is 4.73. The summed E-state index contributed by atoms with van der Waals surface area (Å²) in [5.74, 6) is 0. The van der Waals surface area contributed by atoms with Crippen molar-refractivity contribution in [3.63, 3.8) is 0 Å². The van der Waals surface area contributed by atoms with Crippen LogP contribution in [0.4, 0.5) is 4.39 Å². The highest BCUT2D eigenvalue weighted by atomic mass is 19.1. The molecule has 0 radical (unpaired) electrons.